The van der Waals surface area contributed by atoms with Gasteiger partial charge in [0.05, 0.1) is 5.41 Å². The molecule has 0 saturated heterocycles. The summed E-state index contributed by atoms with van der Waals surface area (Å²) in [5.74, 6) is 0. The Hall–Kier alpha value is -9.18. The van der Waals surface area contributed by atoms with E-state index in [1.807, 2.05) is 0 Å². The minimum absolute atomic E-state index is 0.00520. The van der Waals surface area contributed by atoms with Crippen LogP contribution in [0.1, 0.15) is 98.5 Å². The van der Waals surface area contributed by atoms with E-state index in [-0.39, 0.29) is 16.2 Å². The van der Waals surface area contributed by atoms with Crippen LogP contribution in [-0.2, 0) is 21.7 Å². The van der Waals surface area contributed by atoms with Gasteiger partial charge in [0.15, 0.2) is 0 Å². The van der Waals surface area contributed by atoms with Gasteiger partial charge in [-0.25, -0.2) is 0 Å². The molecule has 4 aliphatic rings. The number of benzene rings is 11. The minimum Gasteiger partial charge on any atom is -0.456 e. The van der Waals surface area contributed by atoms with Gasteiger partial charge in [0.2, 0.25) is 0 Å². The molecule has 3 nitrogen and oxygen atoms in total. The van der Waals surface area contributed by atoms with E-state index in [1.165, 1.54) is 111 Å². The lowest BCUT2D eigenvalue weighted by atomic mass is 9.70. The number of para-hydroxylation sites is 2. The first-order chi connectivity index (χ1) is 38.8. The van der Waals surface area contributed by atoms with E-state index in [1.54, 1.807) is 0 Å². The third-order valence-electron chi connectivity index (χ3n) is 19.2. The maximum absolute atomic E-state index is 7.02. The number of fused-ring (bicyclic) bond motifs is 24. The highest BCUT2D eigenvalue weighted by atomic mass is 16.3. The van der Waals surface area contributed by atoms with Crippen molar-refractivity contribution in [2.75, 3.05) is 4.90 Å². The number of hydrogen-bond donors (Lipinski definition) is 0. The zero-order valence-electron chi connectivity index (χ0n) is 46.0. The van der Waals surface area contributed by atoms with E-state index < -0.39 is 5.41 Å². The fourth-order valence-corrected chi connectivity index (χ4v) is 15.4. The molecule has 2 aromatic heterocycles. The van der Waals surface area contributed by atoms with Crippen LogP contribution in [0.2, 0.25) is 0 Å². The van der Waals surface area contributed by atoms with Gasteiger partial charge in [-0.2, -0.15) is 0 Å². The first-order valence-electron chi connectivity index (χ1n) is 28.4. The number of rotatable bonds is 4. The van der Waals surface area contributed by atoms with E-state index in [4.69, 9.17) is 8.83 Å². The smallest absolute Gasteiger partial charge is 0.143 e. The highest BCUT2D eigenvalue weighted by molar-refractivity contribution is 6.20. The zero-order valence-corrected chi connectivity index (χ0v) is 46.0. The highest BCUT2D eigenvalue weighted by Crippen LogP contribution is 2.66. The number of nitrogens with zero attached hydrogens (tertiary/aromatic N) is 1. The number of furan rings is 2. The van der Waals surface area contributed by atoms with Gasteiger partial charge in [-0.05, 0) is 178 Å². The Kier molecular flexibility index (Phi) is 8.90. The molecule has 0 radical (unpaired) electrons. The van der Waals surface area contributed by atoms with E-state index >= 15 is 0 Å². The van der Waals surface area contributed by atoms with Crippen LogP contribution in [0.5, 0.6) is 0 Å². The maximum atomic E-state index is 7.02. The van der Waals surface area contributed by atoms with Gasteiger partial charge in [-0.1, -0.05) is 194 Å². The van der Waals surface area contributed by atoms with Crippen LogP contribution in [0.3, 0.4) is 0 Å². The van der Waals surface area contributed by atoms with Gasteiger partial charge < -0.3 is 13.7 Å². The molecule has 0 unspecified atom stereocenters. The molecule has 382 valence electrons. The first-order valence-corrected chi connectivity index (χ1v) is 28.4. The quantitative estimate of drug-likeness (QED) is 0.176. The molecule has 3 heteroatoms. The van der Waals surface area contributed by atoms with Crippen LogP contribution in [-0.4, -0.2) is 0 Å². The molecule has 4 aliphatic carbocycles. The lowest BCUT2D eigenvalue weighted by molar-refractivity contribution is 0.590. The molecule has 0 N–H and O–H groups in total. The Labute approximate surface area is 466 Å². The van der Waals surface area contributed by atoms with Crippen molar-refractivity contribution in [1.82, 2.24) is 0 Å². The highest BCUT2D eigenvalue weighted by Gasteiger charge is 2.53. The van der Waals surface area contributed by atoms with Crippen LogP contribution in [0, 0.1) is 0 Å². The Morgan fingerprint density at radius 2 is 0.850 bits per heavy atom. The van der Waals surface area contributed by atoms with Crippen LogP contribution < -0.4 is 4.90 Å². The van der Waals surface area contributed by atoms with E-state index in [9.17, 15) is 0 Å². The molecule has 80 heavy (non-hydrogen) atoms. The Balaban J connectivity index is 0.900. The predicted molar refractivity (Wildman–Crippen MR) is 331 cm³/mol. The van der Waals surface area contributed by atoms with E-state index in [0.29, 0.717) is 0 Å². The second-order valence-corrected chi connectivity index (χ2v) is 25.1. The molecule has 0 bridgehead atoms. The molecule has 0 aliphatic heterocycles. The third kappa shape index (κ3) is 5.79. The molecule has 11 aromatic carbocycles. The summed E-state index contributed by atoms with van der Waals surface area (Å²) in [7, 11) is 0. The second kappa shape index (κ2) is 15.6. The summed E-state index contributed by atoms with van der Waals surface area (Å²) in [6.07, 6.45) is 0. The molecule has 13 aromatic rings. The molecule has 0 saturated carbocycles. The summed E-state index contributed by atoms with van der Waals surface area (Å²) in [5, 5.41) is 4.69. The normalized spacial score (nSPS) is 15.2. The van der Waals surface area contributed by atoms with Crippen molar-refractivity contribution >= 4 is 60.9 Å². The van der Waals surface area contributed by atoms with Gasteiger partial charge in [-0.3, -0.25) is 0 Å². The van der Waals surface area contributed by atoms with Crippen LogP contribution in [0.25, 0.3) is 99.5 Å². The summed E-state index contributed by atoms with van der Waals surface area (Å²) in [6, 6.07) is 82.3. The fraction of sp³-hybridized carbons (Fsp3) is 0.143. The van der Waals surface area contributed by atoms with E-state index in [0.717, 1.165) is 55.9 Å². The Morgan fingerprint density at radius 3 is 1.55 bits per heavy atom. The molecule has 2 heterocycles. The molecule has 17 rings (SSSR count). The lowest BCUT2D eigenvalue weighted by Gasteiger charge is -2.33. The first kappa shape index (κ1) is 45.8. The largest absolute Gasteiger partial charge is 0.456 e. The fourth-order valence-electron chi connectivity index (χ4n) is 15.4. The third-order valence-corrected chi connectivity index (χ3v) is 19.2. The van der Waals surface area contributed by atoms with Crippen molar-refractivity contribution in [3.05, 3.63) is 268 Å². The van der Waals surface area contributed by atoms with Crippen molar-refractivity contribution in [2.24, 2.45) is 0 Å². The van der Waals surface area contributed by atoms with Gasteiger partial charge in [-0.15, -0.1) is 0 Å². The van der Waals surface area contributed by atoms with Crippen molar-refractivity contribution < 1.29 is 8.83 Å². The lowest BCUT2D eigenvalue weighted by Crippen LogP contribution is -2.26. The Morgan fingerprint density at radius 1 is 0.338 bits per heavy atom. The average Bonchev–Trinajstić information content (AvgIpc) is 4.47. The van der Waals surface area contributed by atoms with Gasteiger partial charge in [0.25, 0.3) is 0 Å². The van der Waals surface area contributed by atoms with Gasteiger partial charge in [0, 0.05) is 55.0 Å². The molecular formula is C77H57NO2. The van der Waals surface area contributed by atoms with Crippen molar-refractivity contribution in [3.8, 4) is 55.6 Å². The van der Waals surface area contributed by atoms with E-state index in [2.05, 4.69) is 272 Å². The minimum atomic E-state index is -0.631. The summed E-state index contributed by atoms with van der Waals surface area (Å²) < 4.78 is 13.5. The summed E-state index contributed by atoms with van der Waals surface area (Å²) >= 11 is 0. The van der Waals surface area contributed by atoms with Crippen LogP contribution in [0.4, 0.5) is 17.1 Å². The monoisotopic (exact) mass is 1030 g/mol. The summed E-state index contributed by atoms with van der Waals surface area (Å²) in [6.45, 7) is 16.6. The molecular weight excluding hydrogens is 971 g/mol. The molecule has 0 fully saturated rings. The Bertz CT molecular complexity index is 4810. The summed E-state index contributed by atoms with van der Waals surface area (Å²) in [4.78, 5) is 2.52. The maximum Gasteiger partial charge on any atom is 0.143 e. The SMILES string of the molecule is CC(C)(C)c1ccc(N(c2ccc3c(c2)C(C)(C)c2cc4c(cc2-3)C(C)(C)c2ccc3oc5ccccc5c3c2-4)c2ccc3c(c2)C2(c4ccccc4-c4ccccc42)c2cc(-c4ccccc4)c4oc5ccccc5c4c2-3)cc1. The average molecular weight is 1030 g/mol. The summed E-state index contributed by atoms with van der Waals surface area (Å²) in [5.41, 5.74) is 30.4. The van der Waals surface area contributed by atoms with Gasteiger partial charge >= 0.3 is 0 Å². The number of anilines is 3. The van der Waals surface area contributed by atoms with Crippen molar-refractivity contribution in [3.63, 3.8) is 0 Å². The zero-order chi connectivity index (χ0) is 53.8. The van der Waals surface area contributed by atoms with Crippen molar-refractivity contribution in [1.29, 1.82) is 0 Å². The van der Waals surface area contributed by atoms with Crippen LogP contribution >= 0.6 is 0 Å². The van der Waals surface area contributed by atoms with Crippen LogP contribution in [0.15, 0.2) is 227 Å². The molecule has 0 atom stereocenters. The standard InChI is InChI=1S/C77H57NO2/c1-74(2,3)45-29-31-46(32-30-45)78(47-33-35-51-56-42-63-57(43-62(56)76(6,7)61(51)39-47)70-60(75(63,4)5)37-38-68-71(70)53-23-13-17-27-66(53)79-68)48-34-36-52-64(40-48)77(58-25-15-11-21-49(58)50-22-12-16-26-59(50)77)65-41-55(44-19-9-8-10-20-44)73-72(69(52)65)54-24-14-18-28-67(54)80-73/h8-43H,1-7H3. The topological polar surface area (TPSA) is 29.5 Å². The second-order valence-electron chi connectivity index (χ2n) is 25.1. The predicted octanol–water partition coefficient (Wildman–Crippen LogP) is 20.9. The van der Waals surface area contributed by atoms with Gasteiger partial charge in [0.1, 0.15) is 22.3 Å². The molecule has 1 spiro atoms. The molecule has 0 amide bonds. The number of hydrogen-bond acceptors (Lipinski definition) is 3. The van der Waals surface area contributed by atoms with Crippen molar-refractivity contribution in [2.45, 2.75) is 70.1 Å².